The second-order valence-electron chi connectivity index (χ2n) is 5.32. The topological polar surface area (TPSA) is 78.1 Å². The molecule has 3 rings (SSSR count). The van der Waals surface area contributed by atoms with Crippen LogP contribution in [0, 0.1) is 0 Å². The summed E-state index contributed by atoms with van der Waals surface area (Å²) >= 11 is 0. The van der Waals surface area contributed by atoms with Crippen LogP contribution in [0.1, 0.15) is 34.8 Å². The Labute approximate surface area is 145 Å². The summed E-state index contributed by atoms with van der Waals surface area (Å²) in [7, 11) is 0. The van der Waals surface area contributed by atoms with E-state index in [1.165, 1.54) is 19.2 Å². The summed E-state index contributed by atoms with van der Waals surface area (Å²) in [6.45, 7) is 1.48. The maximum atomic E-state index is 12.7. The first-order valence-electron chi connectivity index (χ1n) is 7.47. The summed E-state index contributed by atoms with van der Waals surface area (Å²) in [5, 5.41) is 3.77. The minimum atomic E-state index is -4.55. The minimum absolute atomic E-state index is 0.0178. The highest BCUT2D eigenvalue weighted by Crippen LogP contribution is 2.30. The van der Waals surface area contributed by atoms with E-state index in [-0.39, 0.29) is 17.3 Å². The van der Waals surface area contributed by atoms with Crippen molar-refractivity contribution in [2.45, 2.75) is 19.2 Å². The van der Waals surface area contributed by atoms with Gasteiger partial charge in [0.15, 0.2) is 6.10 Å². The molecule has 2 heterocycles. The summed E-state index contributed by atoms with van der Waals surface area (Å²) in [4.78, 5) is 20.1. The van der Waals surface area contributed by atoms with Gasteiger partial charge in [-0.05, 0) is 37.3 Å². The van der Waals surface area contributed by atoms with Crippen LogP contribution in [0.2, 0.25) is 0 Å². The molecular formula is C17H12F3N3O3. The van der Waals surface area contributed by atoms with E-state index in [1.807, 2.05) is 0 Å². The molecule has 0 fully saturated rings. The first kappa shape index (κ1) is 17.6. The number of carbonyl (C=O) groups is 1. The number of carbonyl (C=O) groups excluding carboxylic acids is 1. The van der Waals surface area contributed by atoms with Crippen molar-refractivity contribution in [3.05, 3.63) is 65.8 Å². The third-order valence-corrected chi connectivity index (χ3v) is 3.42. The highest BCUT2D eigenvalue weighted by Gasteiger charge is 2.31. The van der Waals surface area contributed by atoms with Gasteiger partial charge in [-0.15, -0.1) is 0 Å². The molecule has 6 nitrogen and oxygen atoms in total. The van der Waals surface area contributed by atoms with Crippen LogP contribution in [0.4, 0.5) is 13.2 Å². The van der Waals surface area contributed by atoms with Gasteiger partial charge in [-0.3, -0.25) is 4.98 Å². The Morgan fingerprint density at radius 1 is 1.23 bits per heavy atom. The Hall–Kier alpha value is -3.23. The predicted molar refractivity (Wildman–Crippen MR) is 82.8 cm³/mol. The minimum Gasteiger partial charge on any atom is -0.449 e. The monoisotopic (exact) mass is 363 g/mol. The summed E-state index contributed by atoms with van der Waals surface area (Å²) < 4.78 is 48.4. The molecule has 26 heavy (non-hydrogen) atoms. The Morgan fingerprint density at radius 3 is 2.73 bits per heavy atom. The molecule has 2 aromatic heterocycles. The normalized spacial score (nSPS) is 12.6. The third kappa shape index (κ3) is 3.88. The van der Waals surface area contributed by atoms with Crippen LogP contribution in [0.15, 0.2) is 53.3 Å². The van der Waals surface area contributed by atoms with Crippen molar-refractivity contribution < 1.29 is 27.2 Å². The second-order valence-corrected chi connectivity index (χ2v) is 5.32. The number of alkyl halides is 3. The van der Waals surface area contributed by atoms with Crippen LogP contribution in [-0.2, 0) is 10.9 Å². The average Bonchev–Trinajstić information content (AvgIpc) is 3.12. The van der Waals surface area contributed by atoms with Crippen molar-refractivity contribution in [3.8, 4) is 11.4 Å². The first-order chi connectivity index (χ1) is 12.3. The lowest BCUT2D eigenvalue weighted by Crippen LogP contribution is -2.12. The standard InChI is InChI=1S/C17H12F3N3O3/c1-10(15-22-14(23-26-15)12-5-3-7-21-9-12)25-16(24)11-4-2-6-13(8-11)17(18,19)20/h2-10H,1H3. The van der Waals surface area contributed by atoms with Crippen molar-refractivity contribution >= 4 is 5.97 Å². The quantitative estimate of drug-likeness (QED) is 0.650. The van der Waals surface area contributed by atoms with Gasteiger partial charge in [-0.1, -0.05) is 11.2 Å². The average molecular weight is 363 g/mol. The molecule has 0 aliphatic heterocycles. The Bertz CT molecular complexity index is 910. The number of hydrogen-bond acceptors (Lipinski definition) is 6. The van der Waals surface area contributed by atoms with Crippen LogP contribution >= 0.6 is 0 Å². The number of pyridine rings is 1. The number of halogens is 3. The summed E-state index contributed by atoms with van der Waals surface area (Å²) in [6, 6.07) is 7.39. The molecule has 0 N–H and O–H groups in total. The molecule has 1 atom stereocenters. The molecule has 0 spiro atoms. The molecule has 9 heteroatoms. The summed E-state index contributed by atoms with van der Waals surface area (Å²) in [5.41, 5.74) is -0.547. The largest absolute Gasteiger partial charge is 0.449 e. The predicted octanol–water partition coefficient (Wildman–Crippen LogP) is 4.07. The highest BCUT2D eigenvalue weighted by atomic mass is 19.4. The lowest BCUT2D eigenvalue weighted by molar-refractivity contribution is -0.137. The van der Waals surface area contributed by atoms with Crippen LogP contribution in [0.5, 0.6) is 0 Å². The SMILES string of the molecule is CC(OC(=O)c1cccc(C(F)(F)F)c1)c1nc(-c2cccnc2)no1. The van der Waals surface area contributed by atoms with Gasteiger partial charge in [0.1, 0.15) is 0 Å². The van der Waals surface area contributed by atoms with Gasteiger partial charge in [0.2, 0.25) is 5.82 Å². The lowest BCUT2D eigenvalue weighted by atomic mass is 10.1. The number of esters is 1. The highest BCUT2D eigenvalue weighted by molar-refractivity contribution is 5.89. The van der Waals surface area contributed by atoms with Gasteiger partial charge < -0.3 is 9.26 Å². The van der Waals surface area contributed by atoms with Gasteiger partial charge in [-0.25, -0.2) is 4.79 Å². The van der Waals surface area contributed by atoms with Crippen molar-refractivity contribution in [3.63, 3.8) is 0 Å². The molecule has 0 radical (unpaired) electrons. The fraction of sp³-hybridized carbons (Fsp3) is 0.176. The first-order valence-corrected chi connectivity index (χ1v) is 7.47. The van der Waals surface area contributed by atoms with Crippen LogP contribution in [0.3, 0.4) is 0 Å². The summed E-state index contributed by atoms with van der Waals surface area (Å²) in [6.07, 6.45) is -2.36. The summed E-state index contributed by atoms with van der Waals surface area (Å²) in [5.74, 6) is -0.649. The number of nitrogens with zero attached hydrogens (tertiary/aromatic N) is 3. The van der Waals surface area contributed by atoms with Crippen LogP contribution in [-0.4, -0.2) is 21.1 Å². The molecule has 0 saturated heterocycles. The van der Waals surface area contributed by atoms with Crippen LogP contribution < -0.4 is 0 Å². The maximum absolute atomic E-state index is 12.7. The number of rotatable bonds is 4. The fourth-order valence-corrected chi connectivity index (χ4v) is 2.11. The molecule has 3 aromatic rings. The Balaban J connectivity index is 1.73. The van der Waals surface area contributed by atoms with Crippen molar-refractivity contribution in [1.82, 2.24) is 15.1 Å². The van der Waals surface area contributed by atoms with Gasteiger partial charge in [0, 0.05) is 18.0 Å². The van der Waals surface area contributed by atoms with E-state index >= 15 is 0 Å². The van der Waals surface area contributed by atoms with Crippen LogP contribution in [0.25, 0.3) is 11.4 Å². The van der Waals surface area contributed by atoms with Gasteiger partial charge >= 0.3 is 12.1 Å². The molecule has 0 aliphatic rings. The zero-order chi connectivity index (χ0) is 18.7. The van der Waals surface area contributed by atoms with Crippen molar-refractivity contribution in [2.75, 3.05) is 0 Å². The zero-order valence-corrected chi connectivity index (χ0v) is 13.4. The van der Waals surface area contributed by atoms with E-state index in [0.717, 1.165) is 18.2 Å². The third-order valence-electron chi connectivity index (χ3n) is 3.42. The van der Waals surface area contributed by atoms with E-state index < -0.39 is 23.8 Å². The van der Waals surface area contributed by atoms with Crippen molar-refractivity contribution in [1.29, 1.82) is 0 Å². The zero-order valence-electron chi connectivity index (χ0n) is 13.4. The Kier molecular flexibility index (Phi) is 4.70. The Morgan fingerprint density at radius 2 is 2.04 bits per heavy atom. The second kappa shape index (κ2) is 6.95. The van der Waals surface area contributed by atoms with E-state index in [1.54, 1.807) is 18.3 Å². The van der Waals surface area contributed by atoms with E-state index in [4.69, 9.17) is 9.26 Å². The smallest absolute Gasteiger partial charge is 0.416 e. The molecule has 0 amide bonds. The maximum Gasteiger partial charge on any atom is 0.416 e. The van der Waals surface area contributed by atoms with Gasteiger partial charge in [-0.2, -0.15) is 18.2 Å². The van der Waals surface area contributed by atoms with E-state index in [9.17, 15) is 18.0 Å². The molecule has 1 aromatic carbocycles. The number of benzene rings is 1. The lowest BCUT2D eigenvalue weighted by Gasteiger charge is -2.11. The number of aromatic nitrogens is 3. The van der Waals surface area contributed by atoms with Gasteiger partial charge in [0.25, 0.3) is 5.89 Å². The molecule has 0 aliphatic carbocycles. The van der Waals surface area contributed by atoms with Gasteiger partial charge in [0.05, 0.1) is 11.1 Å². The molecule has 0 saturated carbocycles. The van der Waals surface area contributed by atoms with Crippen molar-refractivity contribution in [2.24, 2.45) is 0 Å². The number of ether oxygens (including phenoxy) is 1. The molecular weight excluding hydrogens is 351 g/mol. The fourth-order valence-electron chi connectivity index (χ4n) is 2.11. The van der Waals surface area contributed by atoms with E-state index in [0.29, 0.717) is 5.56 Å². The molecule has 1 unspecified atom stereocenters. The molecule has 134 valence electrons. The molecule has 0 bridgehead atoms. The van der Waals surface area contributed by atoms with E-state index in [2.05, 4.69) is 15.1 Å². The number of hydrogen-bond donors (Lipinski definition) is 0.